The third-order valence-corrected chi connectivity index (χ3v) is 2.53. The van der Waals surface area contributed by atoms with Crippen LogP contribution in [-0.2, 0) is 0 Å². The molecule has 15 heavy (non-hydrogen) atoms. The molecule has 1 fully saturated rings. The summed E-state index contributed by atoms with van der Waals surface area (Å²) in [5.41, 5.74) is 1.03. The first-order valence-corrected chi connectivity index (χ1v) is 5.10. The van der Waals surface area contributed by atoms with E-state index in [0.717, 1.165) is 30.9 Å². The zero-order valence-electron chi connectivity index (χ0n) is 8.46. The van der Waals surface area contributed by atoms with Crippen LogP contribution in [0.5, 0.6) is 0 Å². The first kappa shape index (κ1) is 12.5. The lowest BCUT2D eigenvalue weighted by Gasteiger charge is -2.13. The smallest absolute Gasteiger partial charge is 0.224 e. The zero-order chi connectivity index (χ0) is 9.97. The van der Waals surface area contributed by atoms with Crippen LogP contribution in [0.15, 0.2) is 6.20 Å². The second kappa shape index (κ2) is 5.49. The molecule has 2 rings (SSSR count). The Morgan fingerprint density at radius 3 is 3.07 bits per heavy atom. The molecule has 0 radical (unpaired) electrons. The number of aromatic nitrogens is 2. The van der Waals surface area contributed by atoms with Crippen LogP contribution in [0.3, 0.4) is 0 Å². The minimum Gasteiger partial charge on any atom is -0.366 e. The molecule has 0 spiro atoms. The molecular weight excluding hydrogens is 235 g/mol. The lowest BCUT2D eigenvalue weighted by Crippen LogP contribution is -2.23. The molecule has 0 aliphatic carbocycles. The fraction of sp³-hybridized carbons (Fsp3) is 0.556. The van der Waals surface area contributed by atoms with Gasteiger partial charge in [-0.25, -0.2) is 9.97 Å². The number of anilines is 1. The van der Waals surface area contributed by atoms with Crippen LogP contribution in [0.1, 0.15) is 12.0 Å². The Kier molecular flexibility index (Phi) is 4.57. The lowest BCUT2D eigenvalue weighted by molar-refractivity contribution is 0.785. The van der Waals surface area contributed by atoms with Gasteiger partial charge in [0.05, 0.1) is 0 Å². The van der Waals surface area contributed by atoms with Crippen molar-refractivity contribution < 1.29 is 0 Å². The summed E-state index contributed by atoms with van der Waals surface area (Å²) in [4.78, 5) is 8.06. The van der Waals surface area contributed by atoms with E-state index in [0.29, 0.717) is 11.3 Å². The van der Waals surface area contributed by atoms with Crippen molar-refractivity contribution in [2.24, 2.45) is 0 Å². The van der Waals surface area contributed by atoms with Gasteiger partial charge in [0.15, 0.2) is 0 Å². The summed E-state index contributed by atoms with van der Waals surface area (Å²) in [5, 5.41) is 6.94. The molecule has 6 heteroatoms. The summed E-state index contributed by atoms with van der Waals surface area (Å²) in [5.74, 6) is 0.846. The second-order valence-electron chi connectivity index (χ2n) is 3.50. The van der Waals surface area contributed by atoms with Gasteiger partial charge in [-0.2, -0.15) is 0 Å². The van der Waals surface area contributed by atoms with Crippen LogP contribution >= 0.6 is 24.0 Å². The van der Waals surface area contributed by atoms with Crippen LogP contribution in [0.4, 0.5) is 5.82 Å². The average molecular weight is 249 g/mol. The number of nitrogens with one attached hydrogen (secondary N) is 2. The molecule has 0 saturated carbocycles. The van der Waals surface area contributed by atoms with Gasteiger partial charge in [-0.15, -0.1) is 12.4 Å². The zero-order valence-corrected chi connectivity index (χ0v) is 10.0. The summed E-state index contributed by atoms with van der Waals surface area (Å²) < 4.78 is 0. The third-order valence-electron chi connectivity index (χ3n) is 2.34. The Labute approximate surface area is 100 Å². The Morgan fingerprint density at radius 2 is 2.40 bits per heavy atom. The maximum absolute atomic E-state index is 5.72. The molecule has 0 amide bonds. The third kappa shape index (κ3) is 3.19. The van der Waals surface area contributed by atoms with E-state index >= 15 is 0 Å². The van der Waals surface area contributed by atoms with Gasteiger partial charge in [0.1, 0.15) is 5.82 Å². The maximum atomic E-state index is 5.72. The number of rotatable bonds is 2. The van der Waals surface area contributed by atoms with Gasteiger partial charge in [0.25, 0.3) is 0 Å². The van der Waals surface area contributed by atoms with E-state index in [1.807, 2.05) is 6.92 Å². The lowest BCUT2D eigenvalue weighted by atomic mass is 10.2. The van der Waals surface area contributed by atoms with Gasteiger partial charge in [0.2, 0.25) is 5.28 Å². The van der Waals surface area contributed by atoms with Gasteiger partial charge < -0.3 is 10.6 Å². The quantitative estimate of drug-likeness (QED) is 0.782. The van der Waals surface area contributed by atoms with Crippen molar-refractivity contribution >= 4 is 29.8 Å². The first-order valence-electron chi connectivity index (χ1n) is 4.72. The highest BCUT2D eigenvalue weighted by atomic mass is 35.5. The van der Waals surface area contributed by atoms with E-state index in [1.54, 1.807) is 6.20 Å². The number of hydrogen-bond acceptors (Lipinski definition) is 4. The molecule has 2 N–H and O–H groups in total. The number of hydrogen-bond donors (Lipinski definition) is 2. The Hall–Kier alpha value is -0.580. The van der Waals surface area contributed by atoms with E-state index in [-0.39, 0.29) is 12.4 Å². The second-order valence-corrected chi connectivity index (χ2v) is 3.84. The molecule has 1 unspecified atom stereocenters. The van der Waals surface area contributed by atoms with Crippen molar-refractivity contribution in [1.82, 2.24) is 15.3 Å². The van der Waals surface area contributed by atoms with Crippen LogP contribution in [0.25, 0.3) is 0 Å². The summed E-state index contributed by atoms with van der Waals surface area (Å²) in [6.07, 6.45) is 2.86. The molecule has 0 bridgehead atoms. The Morgan fingerprint density at radius 1 is 1.60 bits per heavy atom. The molecule has 1 aromatic rings. The van der Waals surface area contributed by atoms with Crippen molar-refractivity contribution in [1.29, 1.82) is 0 Å². The number of halogens is 2. The first-order chi connectivity index (χ1) is 6.75. The van der Waals surface area contributed by atoms with Crippen LogP contribution in [0.2, 0.25) is 5.28 Å². The predicted molar refractivity (Wildman–Crippen MR) is 63.9 cm³/mol. The van der Waals surface area contributed by atoms with Crippen LogP contribution < -0.4 is 10.6 Å². The van der Waals surface area contributed by atoms with Crippen molar-refractivity contribution in [3.8, 4) is 0 Å². The summed E-state index contributed by atoms with van der Waals surface area (Å²) in [6, 6.07) is 0.458. The standard InChI is InChI=1S/C9H13ClN4.ClH/c1-6-4-12-9(10)14-8(6)13-7-2-3-11-5-7;/h4,7,11H,2-3,5H2,1H3,(H,12,13,14);1H. The van der Waals surface area contributed by atoms with Crippen molar-refractivity contribution in [2.45, 2.75) is 19.4 Å². The topological polar surface area (TPSA) is 49.8 Å². The molecule has 1 aliphatic rings. The minimum absolute atomic E-state index is 0. The van der Waals surface area contributed by atoms with Crippen molar-refractivity contribution in [3.63, 3.8) is 0 Å². The van der Waals surface area contributed by atoms with E-state index in [9.17, 15) is 0 Å². The van der Waals surface area contributed by atoms with Crippen molar-refractivity contribution in [3.05, 3.63) is 17.0 Å². The molecule has 4 nitrogen and oxygen atoms in total. The number of nitrogens with zero attached hydrogens (tertiary/aromatic N) is 2. The van der Waals surface area contributed by atoms with E-state index in [4.69, 9.17) is 11.6 Å². The molecule has 2 heterocycles. The van der Waals surface area contributed by atoms with E-state index in [2.05, 4.69) is 20.6 Å². The highest BCUT2D eigenvalue weighted by Crippen LogP contribution is 2.15. The molecular formula is C9H14Cl2N4. The summed E-state index contributed by atoms with van der Waals surface area (Å²) >= 11 is 5.72. The Balaban J connectivity index is 0.00000112. The van der Waals surface area contributed by atoms with E-state index in [1.165, 1.54) is 0 Å². The fourth-order valence-electron chi connectivity index (χ4n) is 1.54. The highest BCUT2D eigenvalue weighted by molar-refractivity contribution is 6.28. The number of aryl methyl sites for hydroxylation is 1. The van der Waals surface area contributed by atoms with E-state index < -0.39 is 0 Å². The maximum Gasteiger partial charge on any atom is 0.224 e. The van der Waals surface area contributed by atoms with Gasteiger partial charge >= 0.3 is 0 Å². The van der Waals surface area contributed by atoms with Gasteiger partial charge in [-0.3, -0.25) is 0 Å². The Bertz CT molecular complexity index is 326. The SMILES string of the molecule is Cc1cnc(Cl)nc1NC1CCNC1.Cl. The summed E-state index contributed by atoms with van der Waals surface area (Å²) in [6.45, 7) is 4.03. The normalized spacial score (nSPS) is 19.7. The molecule has 1 aliphatic heterocycles. The van der Waals surface area contributed by atoms with Crippen molar-refractivity contribution in [2.75, 3.05) is 18.4 Å². The van der Waals surface area contributed by atoms with Crippen LogP contribution in [0, 0.1) is 6.92 Å². The molecule has 0 aromatic carbocycles. The average Bonchev–Trinajstić information content (AvgIpc) is 2.64. The van der Waals surface area contributed by atoms with Gasteiger partial charge in [0, 0.05) is 24.3 Å². The molecule has 1 saturated heterocycles. The fourth-order valence-corrected chi connectivity index (χ4v) is 1.67. The largest absolute Gasteiger partial charge is 0.366 e. The van der Waals surface area contributed by atoms with Crippen LogP contribution in [-0.4, -0.2) is 29.1 Å². The van der Waals surface area contributed by atoms with Gasteiger partial charge in [-0.05, 0) is 31.5 Å². The minimum atomic E-state index is 0. The molecule has 1 aromatic heterocycles. The summed E-state index contributed by atoms with van der Waals surface area (Å²) in [7, 11) is 0. The highest BCUT2D eigenvalue weighted by Gasteiger charge is 2.15. The molecule has 1 atom stereocenters. The monoisotopic (exact) mass is 248 g/mol. The predicted octanol–water partition coefficient (Wildman–Crippen LogP) is 1.63. The molecule has 84 valence electrons. The van der Waals surface area contributed by atoms with Gasteiger partial charge in [-0.1, -0.05) is 0 Å².